The van der Waals surface area contributed by atoms with Gasteiger partial charge >= 0.3 is 0 Å². The summed E-state index contributed by atoms with van der Waals surface area (Å²) in [6.07, 6.45) is 3.89. The SMILES string of the molecule is Oc1ccc(Cl)c(CN2CCCCC2)c1. The molecule has 0 spiro atoms. The standard InChI is InChI=1S/C12H16ClNO/c13-12-5-4-11(15)8-10(12)9-14-6-2-1-3-7-14/h4-5,8,15H,1-3,6-7,9H2. The van der Waals surface area contributed by atoms with Crippen LogP contribution in [-0.2, 0) is 6.54 Å². The van der Waals surface area contributed by atoms with Crippen LogP contribution in [0.1, 0.15) is 24.8 Å². The van der Waals surface area contributed by atoms with Gasteiger partial charge in [-0.25, -0.2) is 0 Å². The number of halogens is 1. The molecule has 3 heteroatoms. The molecular formula is C12H16ClNO. The van der Waals surface area contributed by atoms with Gasteiger partial charge in [0.05, 0.1) is 0 Å². The van der Waals surface area contributed by atoms with Gasteiger partial charge in [0.1, 0.15) is 5.75 Å². The van der Waals surface area contributed by atoms with Crippen LogP contribution in [0.3, 0.4) is 0 Å². The highest BCUT2D eigenvalue weighted by molar-refractivity contribution is 6.31. The fourth-order valence-electron chi connectivity index (χ4n) is 2.04. The Morgan fingerprint density at radius 3 is 2.67 bits per heavy atom. The first-order valence-electron chi connectivity index (χ1n) is 5.45. The number of phenolic OH excluding ortho intramolecular Hbond substituents is 1. The molecule has 0 bridgehead atoms. The summed E-state index contributed by atoms with van der Waals surface area (Å²) >= 11 is 6.08. The second kappa shape index (κ2) is 4.86. The topological polar surface area (TPSA) is 23.5 Å². The molecule has 0 aliphatic carbocycles. The summed E-state index contributed by atoms with van der Waals surface area (Å²) in [5, 5.41) is 10.1. The van der Waals surface area contributed by atoms with E-state index in [1.807, 2.05) is 0 Å². The van der Waals surface area contributed by atoms with Gasteiger partial charge < -0.3 is 5.11 Å². The second-order valence-corrected chi connectivity index (χ2v) is 4.52. The molecule has 1 fully saturated rings. The molecule has 1 heterocycles. The summed E-state index contributed by atoms with van der Waals surface area (Å²) in [6, 6.07) is 5.15. The Labute approximate surface area is 95.5 Å². The molecule has 1 saturated heterocycles. The molecule has 1 aliphatic heterocycles. The van der Waals surface area contributed by atoms with Crippen molar-refractivity contribution in [3.8, 4) is 5.75 Å². The molecule has 1 N–H and O–H groups in total. The first-order valence-corrected chi connectivity index (χ1v) is 5.83. The van der Waals surface area contributed by atoms with Crippen molar-refractivity contribution in [2.24, 2.45) is 0 Å². The lowest BCUT2D eigenvalue weighted by Crippen LogP contribution is -2.29. The summed E-state index contributed by atoms with van der Waals surface area (Å²) in [4.78, 5) is 2.39. The Morgan fingerprint density at radius 2 is 1.93 bits per heavy atom. The fourth-order valence-corrected chi connectivity index (χ4v) is 2.22. The maximum Gasteiger partial charge on any atom is 0.116 e. The summed E-state index contributed by atoms with van der Waals surface area (Å²) in [7, 11) is 0. The van der Waals surface area contributed by atoms with Crippen molar-refractivity contribution < 1.29 is 5.11 Å². The molecule has 0 unspecified atom stereocenters. The lowest BCUT2D eigenvalue weighted by Gasteiger charge is -2.26. The van der Waals surface area contributed by atoms with Gasteiger partial charge in [-0.15, -0.1) is 0 Å². The zero-order valence-electron chi connectivity index (χ0n) is 8.75. The van der Waals surface area contributed by atoms with E-state index in [2.05, 4.69) is 4.90 Å². The third-order valence-corrected chi connectivity index (χ3v) is 3.24. The van der Waals surface area contributed by atoms with Crippen LogP contribution in [0, 0.1) is 0 Å². The van der Waals surface area contributed by atoms with Crippen molar-refractivity contribution in [2.45, 2.75) is 25.8 Å². The Hall–Kier alpha value is -0.730. The highest BCUT2D eigenvalue weighted by atomic mass is 35.5. The monoisotopic (exact) mass is 225 g/mol. The van der Waals surface area contributed by atoms with E-state index in [0.717, 1.165) is 30.2 Å². The van der Waals surface area contributed by atoms with Crippen molar-refractivity contribution in [2.75, 3.05) is 13.1 Å². The number of phenols is 1. The minimum absolute atomic E-state index is 0.298. The van der Waals surface area contributed by atoms with Gasteiger partial charge in [0, 0.05) is 11.6 Å². The number of hydrogen-bond donors (Lipinski definition) is 1. The van der Waals surface area contributed by atoms with Gasteiger partial charge in [0.25, 0.3) is 0 Å². The van der Waals surface area contributed by atoms with Crippen LogP contribution in [0.25, 0.3) is 0 Å². The molecule has 82 valence electrons. The zero-order valence-corrected chi connectivity index (χ0v) is 9.50. The van der Waals surface area contributed by atoms with Crippen molar-refractivity contribution in [3.63, 3.8) is 0 Å². The minimum Gasteiger partial charge on any atom is -0.508 e. The van der Waals surface area contributed by atoms with Crippen LogP contribution < -0.4 is 0 Å². The maximum atomic E-state index is 9.39. The van der Waals surface area contributed by atoms with Gasteiger partial charge in [-0.05, 0) is 49.7 Å². The lowest BCUT2D eigenvalue weighted by molar-refractivity contribution is 0.221. The second-order valence-electron chi connectivity index (χ2n) is 4.11. The van der Waals surface area contributed by atoms with Crippen LogP contribution in [0.2, 0.25) is 5.02 Å². The zero-order chi connectivity index (χ0) is 10.7. The molecule has 0 radical (unpaired) electrons. The molecule has 0 aromatic heterocycles. The van der Waals surface area contributed by atoms with Crippen molar-refractivity contribution in [3.05, 3.63) is 28.8 Å². The summed E-state index contributed by atoms with van der Waals surface area (Å²) < 4.78 is 0. The molecule has 15 heavy (non-hydrogen) atoms. The number of nitrogens with zero attached hydrogens (tertiary/aromatic N) is 1. The summed E-state index contributed by atoms with van der Waals surface area (Å²) in [6.45, 7) is 3.14. The molecule has 1 aromatic rings. The molecule has 0 amide bonds. The van der Waals surface area contributed by atoms with Crippen LogP contribution in [0.15, 0.2) is 18.2 Å². The van der Waals surface area contributed by atoms with Gasteiger partial charge in [-0.3, -0.25) is 4.90 Å². The third kappa shape index (κ3) is 2.86. The highest BCUT2D eigenvalue weighted by Crippen LogP contribution is 2.23. The predicted molar refractivity (Wildman–Crippen MR) is 62.2 cm³/mol. The summed E-state index contributed by atoms with van der Waals surface area (Å²) in [5.74, 6) is 0.298. The Morgan fingerprint density at radius 1 is 1.20 bits per heavy atom. The smallest absolute Gasteiger partial charge is 0.116 e. The molecule has 0 atom stereocenters. The van der Waals surface area contributed by atoms with E-state index in [1.54, 1.807) is 18.2 Å². The average molecular weight is 226 g/mol. The average Bonchev–Trinajstić information content (AvgIpc) is 2.25. The van der Waals surface area contributed by atoms with E-state index in [1.165, 1.54) is 19.3 Å². The Kier molecular flexibility index (Phi) is 3.49. The molecule has 1 aromatic carbocycles. The molecule has 2 nitrogen and oxygen atoms in total. The lowest BCUT2D eigenvalue weighted by atomic mass is 10.1. The largest absolute Gasteiger partial charge is 0.508 e. The number of aromatic hydroxyl groups is 1. The van der Waals surface area contributed by atoms with Crippen molar-refractivity contribution in [1.82, 2.24) is 4.90 Å². The van der Waals surface area contributed by atoms with E-state index >= 15 is 0 Å². The first-order chi connectivity index (χ1) is 7.25. The molecule has 0 saturated carbocycles. The van der Waals surface area contributed by atoms with Crippen LogP contribution in [0.5, 0.6) is 5.75 Å². The van der Waals surface area contributed by atoms with Crippen LogP contribution in [-0.4, -0.2) is 23.1 Å². The molecule has 1 aliphatic rings. The van der Waals surface area contributed by atoms with E-state index in [0.29, 0.717) is 5.75 Å². The molecule has 2 rings (SSSR count). The molecular weight excluding hydrogens is 210 g/mol. The van der Waals surface area contributed by atoms with Gasteiger partial charge in [0.15, 0.2) is 0 Å². The Balaban J connectivity index is 2.05. The van der Waals surface area contributed by atoms with Crippen LogP contribution >= 0.6 is 11.6 Å². The number of piperidine rings is 1. The van der Waals surface area contributed by atoms with E-state index in [4.69, 9.17) is 11.6 Å². The number of likely N-dealkylation sites (tertiary alicyclic amines) is 1. The third-order valence-electron chi connectivity index (χ3n) is 2.87. The number of hydrogen-bond acceptors (Lipinski definition) is 2. The number of benzene rings is 1. The van der Waals surface area contributed by atoms with E-state index in [9.17, 15) is 5.11 Å². The normalized spacial score (nSPS) is 17.9. The number of rotatable bonds is 2. The van der Waals surface area contributed by atoms with Gasteiger partial charge in [0.2, 0.25) is 0 Å². The minimum atomic E-state index is 0.298. The fraction of sp³-hybridized carbons (Fsp3) is 0.500. The Bertz CT molecular complexity index is 334. The van der Waals surface area contributed by atoms with Crippen molar-refractivity contribution in [1.29, 1.82) is 0 Å². The van der Waals surface area contributed by atoms with E-state index in [-0.39, 0.29) is 0 Å². The first kappa shape index (κ1) is 10.8. The van der Waals surface area contributed by atoms with Gasteiger partial charge in [-0.1, -0.05) is 18.0 Å². The van der Waals surface area contributed by atoms with Crippen LogP contribution in [0.4, 0.5) is 0 Å². The highest BCUT2D eigenvalue weighted by Gasteiger charge is 2.12. The maximum absolute atomic E-state index is 9.39. The van der Waals surface area contributed by atoms with Gasteiger partial charge in [-0.2, -0.15) is 0 Å². The predicted octanol–water partition coefficient (Wildman–Crippen LogP) is 3.03. The van der Waals surface area contributed by atoms with Crippen molar-refractivity contribution >= 4 is 11.6 Å². The van der Waals surface area contributed by atoms with E-state index < -0.39 is 0 Å². The quantitative estimate of drug-likeness (QED) is 0.837. The summed E-state index contributed by atoms with van der Waals surface area (Å²) in [5.41, 5.74) is 1.03.